The summed E-state index contributed by atoms with van der Waals surface area (Å²) in [6.45, 7) is 7.23. The highest BCUT2D eigenvalue weighted by molar-refractivity contribution is 6.06. The maximum Gasteiger partial charge on any atom is 0.258 e. The summed E-state index contributed by atoms with van der Waals surface area (Å²) in [7, 11) is 1.58. The fourth-order valence-electron chi connectivity index (χ4n) is 3.47. The molecule has 172 valence electrons. The number of hydrogen-bond acceptors (Lipinski definition) is 3. The van der Waals surface area contributed by atoms with Crippen LogP contribution in [0.25, 0.3) is 0 Å². The Morgan fingerprint density at radius 2 is 1.67 bits per heavy atom. The summed E-state index contributed by atoms with van der Waals surface area (Å²) in [5.41, 5.74) is 4.34. The van der Waals surface area contributed by atoms with Crippen LogP contribution in [0, 0.1) is 12.8 Å². The summed E-state index contributed by atoms with van der Waals surface area (Å²) in [5, 5.41) is 2.95. The Kier molecular flexibility index (Phi) is 8.25. The van der Waals surface area contributed by atoms with Gasteiger partial charge in [0.15, 0.2) is 0 Å². The van der Waals surface area contributed by atoms with Crippen molar-refractivity contribution in [3.63, 3.8) is 0 Å². The molecule has 0 saturated heterocycles. The van der Waals surface area contributed by atoms with Crippen molar-refractivity contribution in [2.45, 2.75) is 33.7 Å². The summed E-state index contributed by atoms with van der Waals surface area (Å²) in [6.07, 6.45) is 0.270. The lowest BCUT2D eigenvalue weighted by atomic mass is 10.1. The number of hydrogen-bond donors (Lipinski definition) is 1. The van der Waals surface area contributed by atoms with E-state index < -0.39 is 0 Å². The van der Waals surface area contributed by atoms with Crippen LogP contribution in [0.1, 0.15) is 40.9 Å². The van der Waals surface area contributed by atoms with Gasteiger partial charge in [0.2, 0.25) is 5.91 Å². The van der Waals surface area contributed by atoms with E-state index in [2.05, 4.69) is 19.2 Å². The maximum absolute atomic E-state index is 13.6. The molecule has 0 saturated carbocycles. The van der Waals surface area contributed by atoms with Crippen molar-refractivity contribution in [2.75, 3.05) is 18.6 Å². The smallest absolute Gasteiger partial charge is 0.258 e. The average molecular weight is 445 g/mol. The molecule has 0 bridgehead atoms. The number of carbonyl (C=O) groups is 2. The Morgan fingerprint density at radius 1 is 0.939 bits per heavy atom. The van der Waals surface area contributed by atoms with Crippen LogP contribution in [-0.4, -0.2) is 25.5 Å². The number of benzene rings is 3. The van der Waals surface area contributed by atoms with Gasteiger partial charge < -0.3 is 15.0 Å². The van der Waals surface area contributed by atoms with E-state index in [4.69, 9.17) is 4.74 Å². The highest BCUT2D eigenvalue weighted by Crippen LogP contribution is 2.24. The van der Waals surface area contributed by atoms with Gasteiger partial charge >= 0.3 is 0 Å². The van der Waals surface area contributed by atoms with Crippen molar-refractivity contribution in [2.24, 2.45) is 5.92 Å². The van der Waals surface area contributed by atoms with Gasteiger partial charge in [-0.1, -0.05) is 61.9 Å². The summed E-state index contributed by atoms with van der Waals surface area (Å²) in [4.78, 5) is 27.7. The second-order valence-corrected chi connectivity index (χ2v) is 8.65. The van der Waals surface area contributed by atoms with E-state index in [0.717, 1.165) is 16.8 Å². The third-order valence-electron chi connectivity index (χ3n) is 5.32. The van der Waals surface area contributed by atoms with Gasteiger partial charge in [-0.2, -0.15) is 0 Å². The Bertz CT molecular complexity index is 1090. The highest BCUT2D eigenvalue weighted by Gasteiger charge is 2.19. The molecule has 0 aliphatic rings. The van der Waals surface area contributed by atoms with Crippen molar-refractivity contribution in [1.82, 2.24) is 5.32 Å². The van der Waals surface area contributed by atoms with E-state index in [9.17, 15) is 9.59 Å². The zero-order valence-corrected chi connectivity index (χ0v) is 19.8. The first-order valence-electron chi connectivity index (χ1n) is 11.2. The molecule has 3 aromatic rings. The molecule has 3 rings (SSSR count). The number of carbonyl (C=O) groups excluding carboxylic acids is 2. The molecule has 0 radical (unpaired) electrons. The van der Waals surface area contributed by atoms with Crippen molar-refractivity contribution in [3.8, 4) is 5.75 Å². The quantitative estimate of drug-likeness (QED) is 0.496. The molecule has 0 fully saturated rings. The Labute approximate surface area is 196 Å². The van der Waals surface area contributed by atoms with Crippen LogP contribution in [0.15, 0.2) is 72.8 Å². The average Bonchev–Trinajstić information content (AvgIpc) is 2.82. The zero-order valence-electron chi connectivity index (χ0n) is 19.8. The lowest BCUT2D eigenvalue weighted by molar-refractivity contribution is -0.120. The molecule has 0 unspecified atom stereocenters. The van der Waals surface area contributed by atoms with Crippen molar-refractivity contribution in [3.05, 3.63) is 95.1 Å². The minimum Gasteiger partial charge on any atom is -0.497 e. The highest BCUT2D eigenvalue weighted by atomic mass is 16.5. The predicted molar refractivity (Wildman–Crippen MR) is 133 cm³/mol. The molecule has 0 heterocycles. The van der Waals surface area contributed by atoms with Crippen LogP contribution in [0.4, 0.5) is 5.69 Å². The molecule has 2 amide bonds. The third-order valence-corrected chi connectivity index (χ3v) is 5.32. The Hall–Kier alpha value is -3.60. The number of methoxy groups -OCH3 is 1. The molecule has 5 nitrogen and oxygen atoms in total. The fraction of sp³-hybridized carbons (Fsp3) is 0.286. The number of rotatable bonds is 9. The Balaban J connectivity index is 1.90. The monoisotopic (exact) mass is 444 g/mol. The number of nitrogens with zero attached hydrogens (tertiary/aromatic N) is 1. The van der Waals surface area contributed by atoms with E-state index in [-0.39, 0.29) is 18.2 Å². The molecule has 0 spiro atoms. The minimum absolute atomic E-state index is 0.0231. The molecule has 33 heavy (non-hydrogen) atoms. The molecule has 0 aliphatic carbocycles. The van der Waals surface area contributed by atoms with Crippen LogP contribution in [-0.2, 0) is 17.8 Å². The lowest BCUT2D eigenvalue weighted by Crippen LogP contribution is -2.31. The van der Waals surface area contributed by atoms with Crippen molar-refractivity contribution in [1.29, 1.82) is 0 Å². The summed E-state index contributed by atoms with van der Waals surface area (Å²) >= 11 is 0. The molecule has 3 aromatic carbocycles. The summed E-state index contributed by atoms with van der Waals surface area (Å²) < 4.78 is 5.31. The summed E-state index contributed by atoms with van der Waals surface area (Å²) in [5.74, 6) is 0.874. The van der Waals surface area contributed by atoms with Crippen LogP contribution in [0.3, 0.4) is 0 Å². The second kappa shape index (κ2) is 11.3. The fourth-order valence-corrected chi connectivity index (χ4v) is 3.47. The second-order valence-electron chi connectivity index (χ2n) is 8.65. The van der Waals surface area contributed by atoms with E-state index in [1.54, 1.807) is 24.1 Å². The van der Waals surface area contributed by atoms with E-state index in [0.29, 0.717) is 30.3 Å². The van der Waals surface area contributed by atoms with E-state index in [1.165, 1.54) is 5.56 Å². The SMILES string of the molecule is COc1cccc(C(=O)N(Cc2ccc(C)cc2)c2cccc(CC(=O)NCC(C)C)c2)c1. The Morgan fingerprint density at radius 3 is 2.36 bits per heavy atom. The van der Waals surface area contributed by atoms with Crippen LogP contribution >= 0.6 is 0 Å². The first-order chi connectivity index (χ1) is 15.9. The molecule has 1 N–H and O–H groups in total. The molecule has 0 aromatic heterocycles. The molecule has 0 atom stereocenters. The van der Waals surface area contributed by atoms with Crippen LogP contribution in [0.2, 0.25) is 0 Å². The molecule has 5 heteroatoms. The number of nitrogens with one attached hydrogen (secondary N) is 1. The number of aryl methyl sites for hydroxylation is 1. The number of amides is 2. The van der Waals surface area contributed by atoms with Crippen LogP contribution < -0.4 is 15.0 Å². The van der Waals surface area contributed by atoms with Crippen LogP contribution in [0.5, 0.6) is 5.75 Å². The zero-order chi connectivity index (χ0) is 23.8. The van der Waals surface area contributed by atoms with Gasteiger partial charge in [-0.3, -0.25) is 9.59 Å². The number of ether oxygens (including phenoxy) is 1. The van der Waals surface area contributed by atoms with Gasteiger partial charge in [-0.25, -0.2) is 0 Å². The van der Waals surface area contributed by atoms with Gasteiger partial charge in [0, 0.05) is 17.8 Å². The molecular weight excluding hydrogens is 412 g/mol. The van der Waals surface area contributed by atoms with Gasteiger partial charge in [0.25, 0.3) is 5.91 Å². The number of anilines is 1. The molecular formula is C28H32N2O3. The molecule has 0 aliphatic heterocycles. The third kappa shape index (κ3) is 6.94. The predicted octanol–water partition coefficient (Wildman–Crippen LogP) is 5.17. The van der Waals surface area contributed by atoms with Gasteiger partial charge in [0.1, 0.15) is 5.75 Å². The van der Waals surface area contributed by atoms with E-state index >= 15 is 0 Å². The minimum atomic E-state index is -0.129. The van der Waals surface area contributed by atoms with Gasteiger partial charge in [-0.05, 0) is 54.3 Å². The summed E-state index contributed by atoms with van der Waals surface area (Å²) in [6, 6.07) is 22.9. The maximum atomic E-state index is 13.6. The first-order valence-corrected chi connectivity index (χ1v) is 11.2. The van der Waals surface area contributed by atoms with Gasteiger partial charge in [0.05, 0.1) is 20.1 Å². The first kappa shape index (κ1) is 24.1. The normalized spacial score (nSPS) is 10.7. The topological polar surface area (TPSA) is 58.6 Å². The standard InChI is InChI=1S/C28H32N2O3/c1-20(2)18-29-27(31)16-23-7-5-9-25(15-23)30(19-22-13-11-21(3)12-14-22)28(32)24-8-6-10-26(17-24)33-4/h5-15,17,20H,16,18-19H2,1-4H3,(H,29,31). The van der Waals surface area contributed by atoms with Crippen molar-refractivity contribution < 1.29 is 14.3 Å². The lowest BCUT2D eigenvalue weighted by Gasteiger charge is -2.24. The van der Waals surface area contributed by atoms with Crippen molar-refractivity contribution >= 4 is 17.5 Å². The van der Waals surface area contributed by atoms with E-state index in [1.807, 2.05) is 67.6 Å². The van der Waals surface area contributed by atoms with Gasteiger partial charge in [-0.15, -0.1) is 0 Å². The largest absolute Gasteiger partial charge is 0.497 e.